The molecule has 166 valence electrons. The van der Waals surface area contributed by atoms with Crippen LogP contribution in [0.5, 0.6) is 5.75 Å². The first-order valence-corrected chi connectivity index (χ1v) is 12.7. The van der Waals surface area contributed by atoms with Crippen LogP contribution in [0.25, 0.3) is 10.2 Å². The molecule has 0 aromatic carbocycles. The van der Waals surface area contributed by atoms with Crippen LogP contribution in [-0.4, -0.2) is 21.6 Å². The third-order valence-electron chi connectivity index (χ3n) is 5.91. The minimum absolute atomic E-state index is 0.0797. The molecule has 1 N–H and O–H groups in total. The first-order valence-electron chi connectivity index (χ1n) is 10.9. The van der Waals surface area contributed by atoms with Gasteiger partial charge < -0.3 is 9.72 Å². The van der Waals surface area contributed by atoms with E-state index >= 15 is 0 Å². The zero-order chi connectivity index (χ0) is 22.2. The van der Waals surface area contributed by atoms with E-state index in [0.717, 1.165) is 28.4 Å². The van der Waals surface area contributed by atoms with Gasteiger partial charge in [0.1, 0.15) is 16.2 Å². The Hall–Kier alpha value is -1.86. The van der Waals surface area contributed by atoms with Crippen LogP contribution in [0.2, 0.25) is 0 Å². The van der Waals surface area contributed by atoms with Gasteiger partial charge in [0.2, 0.25) is 5.43 Å². The summed E-state index contributed by atoms with van der Waals surface area (Å²) in [5.74, 6) is 2.12. The topological polar surface area (TPSA) is 67.9 Å². The Balaban J connectivity index is 1.53. The fourth-order valence-electron chi connectivity index (χ4n) is 4.03. The number of aromatic amines is 1. The van der Waals surface area contributed by atoms with Gasteiger partial charge >= 0.3 is 0 Å². The van der Waals surface area contributed by atoms with Gasteiger partial charge in [0.15, 0.2) is 5.75 Å². The van der Waals surface area contributed by atoms with Crippen LogP contribution >= 0.6 is 23.1 Å². The molecule has 7 heteroatoms. The Kier molecular flexibility index (Phi) is 6.44. The highest BCUT2D eigenvalue weighted by molar-refractivity contribution is 7.98. The molecule has 3 aromatic heterocycles. The maximum Gasteiger partial charge on any atom is 0.223 e. The van der Waals surface area contributed by atoms with E-state index in [1.807, 2.05) is 11.3 Å². The lowest BCUT2D eigenvalue weighted by atomic mass is 9.72. The number of hydrogen-bond donors (Lipinski definition) is 1. The highest BCUT2D eigenvalue weighted by Gasteiger charge is 2.31. The smallest absolute Gasteiger partial charge is 0.223 e. The minimum atomic E-state index is -0.0797. The average molecular weight is 458 g/mol. The summed E-state index contributed by atoms with van der Waals surface area (Å²) in [6, 6.07) is 1.64. The summed E-state index contributed by atoms with van der Waals surface area (Å²) >= 11 is 3.49. The van der Waals surface area contributed by atoms with Gasteiger partial charge in [-0.3, -0.25) is 4.79 Å². The number of nitrogens with zero attached hydrogens (tertiary/aromatic N) is 2. The van der Waals surface area contributed by atoms with Crippen molar-refractivity contribution >= 4 is 33.3 Å². The second-order valence-electron chi connectivity index (χ2n) is 9.85. The van der Waals surface area contributed by atoms with Crippen LogP contribution in [0, 0.1) is 17.3 Å². The lowest BCUT2D eigenvalue weighted by Crippen LogP contribution is -2.26. The van der Waals surface area contributed by atoms with E-state index < -0.39 is 0 Å². The second kappa shape index (κ2) is 8.94. The molecule has 31 heavy (non-hydrogen) atoms. The van der Waals surface area contributed by atoms with E-state index in [1.54, 1.807) is 30.4 Å². The summed E-state index contributed by atoms with van der Waals surface area (Å²) in [6.07, 6.45) is 6.78. The van der Waals surface area contributed by atoms with Crippen molar-refractivity contribution < 1.29 is 4.74 Å². The van der Waals surface area contributed by atoms with E-state index in [-0.39, 0.29) is 5.43 Å². The Morgan fingerprint density at radius 3 is 2.84 bits per heavy atom. The fraction of sp³-hybridized carbons (Fsp3) is 0.542. The van der Waals surface area contributed by atoms with Gasteiger partial charge in [-0.1, -0.05) is 46.4 Å². The second-order valence-corrected chi connectivity index (χ2v) is 11.9. The molecule has 1 atom stereocenters. The van der Waals surface area contributed by atoms with Crippen LogP contribution < -0.4 is 10.2 Å². The van der Waals surface area contributed by atoms with E-state index in [2.05, 4.69) is 49.6 Å². The predicted octanol–water partition coefficient (Wildman–Crippen LogP) is 5.86. The lowest BCUT2D eigenvalue weighted by molar-refractivity contribution is 0.218. The van der Waals surface area contributed by atoms with Gasteiger partial charge in [-0.2, -0.15) is 0 Å². The number of thiophene rings is 1. The lowest BCUT2D eigenvalue weighted by Gasteiger charge is -2.33. The van der Waals surface area contributed by atoms with Gasteiger partial charge in [-0.25, -0.2) is 9.97 Å². The van der Waals surface area contributed by atoms with E-state index in [1.165, 1.54) is 22.2 Å². The van der Waals surface area contributed by atoms with Crippen molar-refractivity contribution in [1.29, 1.82) is 0 Å². The SMILES string of the molecule is CC(C)COc1c[nH]c(CSc2ncnc3sc4c(c23)CCC(C(C)(C)C)C4)cc1=O. The van der Waals surface area contributed by atoms with Gasteiger partial charge in [-0.05, 0) is 42.1 Å². The number of H-pyrrole nitrogens is 1. The van der Waals surface area contributed by atoms with Crippen molar-refractivity contribution in [3.05, 3.63) is 44.9 Å². The van der Waals surface area contributed by atoms with Crippen LogP contribution in [-0.2, 0) is 18.6 Å². The highest BCUT2D eigenvalue weighted by atomic mass is 32.2. The quantitative estimate of drug-likeness (QED) is 0.371. The molecule has 0 bridgehead atoms. The molecule has 1 unspecified atom stereocenters. The molecule has 0 saturated carbocycles. The predicted molar refractivity (Wildman–Crippen MR) is 129 cm³/mol. The third kappa shape index (κ3) is 4.98. The van der Waals surface area contributed by atoms with Gasteiger partial charge in [0.05, 0.1) is 6.61 Å². The normalized spacial score (nSPS) is 16.6. The Labute approximate surface area is 192 Å². The van der Waals surface area contributed by atoms with Crippen molar-refractivity contribution in [3.63, 3.8) is 0 Å². The molecule has 0 fully saturated rings. The number of nitrogens with one attached hydrogen (secondary N) is 1. The first-order chi connectivity index (χ1) is 14.7. The molecule has 0 radical (unpaired) electrons. The van der Waals surface area contributed by atoms with Crippen molar-refractivity contribution in [3.8, 4) is 5.75 Å². The van der Waals surface area contributed by atoms with Crippen LogP contribution in [0.15, 0.2) is 28.4 Å². The van der Waals surface area contributed by atoms with Gasteiger partial charge in [-0.15, -0.1) is 11.3 Å². The zero-order valence-electron chi connectivity index (χ0n) is 18.9. The molecule has 5 nitrogen and oxygen atoms in total. The maximum absolute atomic E-state index is 12.4. The van der Waals surface area contributed by atoms with Crippen molar-refractivity contribution in [2.45, 2.75) is 64.7 Å². The molecule has 1 aliphatic carbocycles. The highest BCUT2D eigenvalue weighted by Crippen LogP contribution is 2.44. The van der Waals surface area contributed by atoms with Crippen molar-refractivity contribution in [2.24, 2.45) is 17.3 Å². The summed E-state index contributed by atoms with van der Waals surface area (Å²) in [4.78, 5) is 27.3. The molecule has 1 aliphatic rings. The largest absolute Gasteiger partial charge is 0.488 e. The molecule has 0 spiro atoms. The summed E-state index contributed by atoms with van der Waals surface area (Å²) in [5, 5.41) is 2.23. The first kappa shape index (κ1) is 22.3. The standard InChI is InChI=1S/C24H31N3O2S2/c1-14(2)11-29-19-10-25-16(9-18(19)28)12-30-22-21-17-7-6-15(24(3,4)5)8-20(17)31-23(21)27-13-26-22/h9-10,13-15H,6-8,11-12H2,1-5H3,(H,25,28). The number of aryl methyl sites for hydroxylation is 1. The summed E-state index contributed by atoms with van der Waals surface area (Å²) in [7, 11) is 0. The fourth-order valence-corrected chi connectivity index (χ4v) is 6.31. The van der Waals surface area contributed by atoms with Gasteiger partial charge in [0.25, 0.3) is 0 Å². The Morgan fingerprint density at radius 2 is 2.13 bits per heavy atom. The minimum Gasteiger partial charge on any atom is -0.488 e. The molecule has 0 aliphatic heterocycles. The number of hydrogen-bond acceptors (Lipinski definition) is 6. The van der Waals surface area contributed by atoms with Crippen LogP contribution in [0.1, 0.15) is 57.2 Å². The number of rotatable bonds is 6. The maximum atomic E-state index is 12.4. The van der Waals surface area contributed by atoms with Crippen LogP contribution in [0.4, 0.5) is 0 Å². The molecule has 4 rings (SSSR count). The van der Waals surface area contributed by atoms with Crippen molar-refractivity contribution in [2.75, 3.05) is 6.61 Å². The van der Waals surface area contributed by atoms with E-state index in [4.69, 9.17) is 4.74 Å². The number of aromatic nitrogens is 3. The molecular formula is C24H31N3O2S2. The number of ether oxygens (including phenoxy) is 1. The molecule has 0 saturated heterocycles. The van der Waals surface area contributed by atoms with Crippen molar-refractivity contribution in [1.82, 2.24) is 15.0 Å². The Bertz CT molecular complexity index is 1130. The number of pyridine rings is 1. The molecule has 3 aromatic rings. The number of fused-ring (bicyclic) bond motifs is 3. The average Bonchev–Trinajstić information content (AvgIpc) is 3.09. The van der Waals surface area contributed by atoms with Crippen LogP contribution in [0.3, 0.4) is 0 Å². The summed E-state index contributed by atoms with van der Waals surface area (Å²) < 4.78 is 5.59. The Morgan fingerprint density at radius 1 is 1.32 bits per heavy atom. The van der Waals surface area contributed by atoms with E-state index in [0.29, 0.717) is 35.4 Å². The molecule has 0 amide bonds. The molecule has 3 heterocycles. The third-order valence-corrected chi connectivity index (χ3v) is 8.11. The van der Waals surface area contributed by atoms with Gasteiger partial charge in [0, 0.05) is 34.0 Å². The van der Waals surface area contributed by atoms with E-state index in [9.17, 15) is 4.79 Å². The summed E-state index contributed by atoms with van der Waals surface area (Å²) in [6.45, 7) is 11.7. The monoisotopic (exact) mass is 457 g/mol. The molecular weight excluding hydrogens is 426 g/mol. The zero-order valence-corrected chi connectivity index (χ0v) is 20.6. The number of thioether (sulfide) groups is 1. The summed E-state index contributed by atoms with van der Waals surface area (Å²) in [5.41, 5.74) is 2.56.